The smallest absolute Gasteiger partial charge is 0.304 e. The fourth-order valence-corrected chi connectivity index (χ4v) is 15.9. The highest BCUT2D eigenvalue weighted by Crippen LogP contribution is 2.27. The highest BCUT2D eigenvalue weighted by molar-refractivity contribution is 8.00. The van der Waals surface area contributed by atoms with Gasteiger partial charge in [0, 0.05) is 94.7 Å². The Kier molecular flexibility index (Phi) is 49.7. The standard InChI is InChI=1S/C93H133N9O28S/c1-9-53(4)85(81(116)41-62(35-59-20-25-66(107)26-21-59)88(125)97-73(34-52(2)3)77(112)39-63(43-83(119)120)87(124)96-55(6)16-13-14-31-94)101-90(127)65(48-103)42-78(113)74(37-60-22-27-67(108)28-23-60)98-89(126)64(44-84(121)122)40-79(114)76(49-104)100-92(129)72(57(8)106)46-80(115)75(36-58-17-11-10-12-18-58)99-91(128)71(56(7)105)45-69(110)47-95-86(123)61(24-29-82(117)118)38-70(111)51-131-50-68(109)19-15-32-102-33-30-54(5)93(102)130/h10-12,17-18,20-23,25-28,52-57,61-65,71-76,85,103-108H,9,13-16,19,24,29-51,94H2,1-8H3,(H,95,123)(H,96,124)(H,97,125)(H,98,126)(H,99,128)(H,100,129)(H,101,127)(H,117,118)(H,119,120)(H,121,122)/t53-,54+,55+,56+,57+,61+,62+,63-,64-,65-,71-,72-,73-,74-,75-,76-,85-/m0/s1. The number of aliphatic carboxylic acids is 3. The summed E-state index contributed by atoms with van der Waals surface area (Å²) in [6, 6.07) is 10.5. The van der Waals surface area contributed by atoms with Crippen molar-refractivity contribution in [2.75, 3.05) is 50.9 Å². The van der Waals surface area contributed by atoms with Gasteiger partial charge in [-0.15, -0.1) is 11.8 Å². The van der Waals surface area contributed by atoms with Gasteiger partial charge in [-0.3, -0.25) is 91.1 Å². The minimum absolute atomic E-state index is 0.0260. The fraction of sp³-hybridized carbons (Fsp3) is 0.602. The minimum Gasteiger partial charge on any atom is -0.508 e. The second kappa shape index (κ2) is 58.0. The van der Waals surface area contributed by atoms with Crippen molar-refractivity contribution in [3.05, 3.63) is 95.6 Å². The number of amides is 8. The summed E-state index contributed by atoms with van der Waals surface area (Å²) < 4.78 is 0. The zero-order valence-corrected chi connectivity index (χ0v) is 76.6. The number of unbranched alkanes of at least 4 members (excludes halogenated alkanes) is 1. The third kappa shape index (κ3) is 41.1. The topological polar surface area (TPSA) is 620 Å². The largest absolute Gasteiger partial charge is 0.508 e. The van der Waals surface area contributed by atoms with Gasteiger partial charge in [-0.2, -0.15) is 0 Å². The number of carboxylic acids is 3. The Hall–Kier alpha value is -11.1. The lowest BCUT2D eigenvalue weighted by atomic mass is 9.85. The number of carbonyl (C=O) groups is 19. The quantitative estimate of drug-likeness (QED) is 0.0361. The van der Waals surface area contributed by atoms with E-state index >= 15 is 0 Å². The molecule has 0 saturated carbocycles. The van der Waals surface area contributed by atoms with Crippen LogP contribution in [-0.4, -0.2) is 262 Å². The van der Waals surface area contributed by atoms with E-state index in [4.69, 9.17) is 5.73 Å². The molecular weight excluding hydrogens is 1720 g/mol. The monoisotopic (exact) mass is 1860 g/mol. The molecule has 1 heterocycles. The molecule has 17 atom stereocenters. The van der Waals surface area contributed by atoms with Gasteiger partial charge >= 0.3 is 17.9 Å². The predicted octanol–water partition coefficient (Wildman–Crippen LogP) is 2.93. The molecule has 1 saturated heterocycles. The molecule has 724 valence electrons. The minimum atomic E-state index is -1.99. The molecule has 3 aromatic carbocycles. The number of aliphatic hydroxyl groups is 4. The number of nitrogens with one attached hydrogen (secondary N) is 7. The van der Waals surface area contributed by atoms with Gasteiger partial charge in [0.15, 0.2) is 34.7 Å². The molecule has 4 rings (SSSR count). The van der Waals surface area contributed by atoms with E-state index in [9.17, 15) is 137 Å². The molecule has 131 heavy (non-hydrogen) atoms. The molecule has 0 aliphatic carbocycles. The average molecular weight is 1860 g/mol. The Morgan fingerprint density at radius 2 is 0.931 bits per heavy atom. The Morgan fingerprint density at radius 3 is 1.44 bits per heavy atom. The van der Waals surface area contributed by atoms with E-state index in [1.807, 2.05) is 6.92 Å². The highest BCUT2D eigenvalue weighted by atomic mass is 32.2. The van der Waals surface area contributed by atoms with Crippen molar-refractivity contribution < 1.29 is 137 Å². The van der Waals surface area contributed by atoms with E-state index in [-0.39, 0.29) is 96.7 Å². The first-order valence-corrected chi connectivity index (χ1v) is 45.7. The maximum Gasteiger partial charge on any atom is 0.304 e. The van der Waals surface area contributed by atoms with Crippen LogP contribution in [0.5, 0.6) is 11.5 Å². The number of thioether (sulfide) groups is 1. The third-order valence-electron chi connectivity index (χ3n) is 23.2. The number of aromatic hydroxyl groups is 2. The number of carbonyl (C=O) groups excluding carboxylic acids is 16. The molecule has 8 amide bonds. The van der Waals surface area contributed by atoms with Crippen LogP contribution in [0, 0.1) is 59.2 Å². The van der Waals surface area contributed by atoms with Crippen molar-refractivity contribution in [2.24, 2.45) is 64.9 Å². The lowest BCUT2D eigenvalue weighted by Crippen LogP contribution is -2.52. The number of phenolic OH excluding ortho intramolecular Hbond substituents is 2. The second-order valence-corrected chi connectivity index (χ2v) is 35.7. The van der Waals surface area contributed by atoms with E-state index in [0.717, 1.165) is 32.0 Å². The maximum absolute atomic E-state index is 14.8. The summed E-state index contributed by atoms with van der Waals surface area (Å²) in [6.07, 6.45) is -8.70. The molecular formula is C93H133N9O28S. The summed E-state index contributed by atoms with van der Waals surface area (Å²) in [5, 5.41) is 111. The molecule has 38 heteroatoms. The highest BCUT2D eigenvalue weighted by Gasteiger charge is 2.41. The number of aliphatic hydroxyl groups excluding tert-OH is 4. The summed E-state index contributed by atoms with van der Waals surface area (Å²) in [7, 11) is 0. The van der Waals surface area contributed by atoms with Gasteiger partial charge in [-0.1, -0.05) is 102 Å². The van der Waals surface area contributed by atoms with Crippen molar-refractivity contribution in [3.8, 4) is 11.5 Å². The second-order valence-electron chi connectivity index (χ2n) is 34.7. The molecule has 0 radical (unpaired) electrons. The average Bonchev–Trinajstić information content (AvgIpc) is 1.46. The summed E-state index contributed by atoms with van der Waals surface area (Å²) in [4.78, 5) is 261. The molecule has 1 aliphatic rings. The first kappa shape index (κ1) is 112. The van der Waals surface area contributed by atoms with E-state index in [1.165, 1.54) is 48.5 Å². The van der Waals surface area contributed by atoms with Crippen LogP contribution in [0.15, 0.2) is 78.9 Å². The van der Waals surface area contributed by atoms with E-state index < -0.39 is 280 Å². The lowest BCUT2D eigenvalue weighted by molar-refractivity contribution is -0.143. The number of hydrogen-bond donors (Lipinski definition) is 17. The predicted molar refractivity (Wildman–Crippen MR) is 478 cm³/mol. The van der Waals surface area contributed by atoms with Crippen LogP contribution in [0.1, 0.15) is 194 Å². The normalized spacial score (nSPS) is 16.2. The Balaban J connectivity index is 1.53. The summed E-state index contributed by atoms with van der Waals surface area (Å²) in [5.41, 5.74) is 6.78. The third-order valence-corrected chi connectivity index (χ3v) is 24.2. The molecule has 0 spiro atoms. The number of Topliss-reactive ketones (excluding diaryl/α,β-unsaturated/α-hetero) is 8. The summed E-state index contributed by atoms with van der Waals surface area (Å²) in [5.74, 6) is -29.7. The van der Waals surface area contributed by atoms with Gasteiger partial charge in [0.2, 0.25) is 47.3 Å². The van der Waals surface area contributed by atoms with Gasteiger partial charge in [0.05, 0.1) is 110 Å². The van der Waals surface area contributed by atoms with Gasteiger partial charge in [0.1, 0.15) is 29.1 Å². The Morgan fingerprint density at radius 1 is 0.458 bits per heavy atom. The van der Waals surface area contributed by atoms with Crippen LogP contribution in [-0.2, 0) is 110 Å². The zero-order valence-electron chi connectivity index (χ0n) is 75.8. The van der Waals surface area contributed by atoms with Crippen molar-refractivity contribution in [3.63, 3.8) is 0 Å². The van der Waals surface area contributed by atoms with Crippen LogP contribution in [0.2, 0.25) is 0 Å². The molecule has 18 N–H and O–H groups in total. The van der Waals surface area contributed by atoms with Gasteiger partial charge < -0.3 is 93.8 Å². The van der Waals surface area contributed by atoms with Crippen molar-refractivity contribution in [1.82, 2.24) is 42.1 Å². The van der Waals surface area contributed by atoms with Crippen LogP contribution in [0.4, 0.5) is 0 Å². The number of nitrogens with two attached hydrogens (primary N) is 1. The van der Waals surface area contributed by atoms with Crippen LogP contribution in [0.3, 0.4) is 0 Å². The molecule has 1 fully saturated rings. The summed E-state index contributed by atoms with van der Waals surface area (Å²) >= 11 is 1.01. The number of phenols is 2. The maximum atomic E-state index is 14.8. The number of carboxylic acid groups (broad SMARTS) is 3. The van der Waals surface area contributed by atoms with E-state index in [0.29, 0.717) is 56.4 Å². The summed E-state index contributed by atoms with van der Waals surface area (Å²) in [6.45, 7) is 11.1. The van der Waals surface area contributed by atoms with E-state index in [1.54, 1.807) is 69.9 Å². The molecule has 0 bridgehead atoms. The molecule has 3 aromatic rings. The molecule has 1 aliphatic heterocycles. The van der Waals surface area contributed by atoms with Crippen molar-refractivity contribution in [1.29, 1.82) is 0 Å². The molecule has 37 nitrogen and oxygen atoms in total. The lowest BCUT2D eigenvalue weighted by Gasteiger charge is -2.28. The van der Waals surface area contributed by atoms with Crippen molar-refractivity contribution in [2.45, 2.75) is 245 Å². The number of likely N-dealkylation sites (tertiary alicyclic amines) is 1. The Labute approximate surface area is 766 Å². The number of rotatable bonds is 67. The van der Waals surface area contributed by atoms with Crippen molar-refractivity contribution >= 4 is 123 Å². The zero-order chi connectivity index (χ0) is 97.9. The Bertz CT molecular complexity index is 4360. The molecule has 0 unspecified atom stereocenters. The fourth-order valence-electron chi connectivity index (χ4n) is 15.1. The first-order valence-electron chi connectivity index (χ1n) is 44.6. The molecule has 0 aromatic heterocycles. The van der Waals surface area contributed by atoms with Gasteiger partial charge in [-0.25, -0.2) is 0 Å². The first-order chi connectivity index (χ1) is 61.9. The number of hydrogen-bond acceptors (Lipinski definition) is 27. The van der Waals surface area contributed by atoms with Gasteiger partial charge in [-0.05, 0) is 138 Å². The number of benzene rings is 3. The SMILES string of the molecule is CC[C@H](C)[C@H](NC(=O)[C@H](CO)CC(=O)[C@H](Cc1ccc(O)cc1)NC(=O)[C@H](CC(=O)O)CC(=O)[C@H](CO)NC(=O)[C@@H](CC(=O)[C@H](Cc1ccccc1)NC(=O)[C@@H](CC(=O)CNC(=O)[C@H](CCC(=O)O)CC(=O)CSCC(=O)CCCN1CC[C@@H](C)C1=O)[C@@H](C)O)[C@@H](C)O)C(=O)C[C@@H](Cc1ccc(O)cc1)C(=O)N[C@@H](CC(C)C)C(=O)C[C@@H](CC(=O)O)C(=O)N[C@H](C)CCCCN. The van der Waals surface area contributed by atoms with Gasteiger partial charge in [0.25, 0.3) is 0 Å². The van der Waals surface area contributed by atoms with Crippen LogP contribution < -0.4 is 43.0 Å². The van der Waals surface area contributed by atoms with Crippen LogP contribution >= 0.6 is 11.8 Å². The van der Waals surface area contributed by atoms with Crippen LogP contribution in [0.25, 0.3) is 0 Å². The number of nitrogens with zero attached hydrogens (tertiary/aromatic N) is 1. The number of ketones is 8. The van der Waals surface area contributed by atoms with E-state index in [2.05, 4.69) is 37.2 Å².